The van der Waals surface area contributed by atoms with E-state index in [1.807, 2.05) is 6.07 Å². The molecular formula is C23H29BrN4O4. The summed E-state index contributed by atoms with van der Waals surface area (Å²) in [5.41, 5.74) is 1.59. The molecule has 1 aromatic carbocycles. The van der Waals surface area contributed by atoms with Gasteiger partial charge in [0.2, 0.25) is 11.8 Å². The Morgan fingerprint density at radius 2 is 1.62 bits per heavy atom. The van der Waals surface area contributed by atoms with Crippen LogP contribution < -0.4 is 10.2 Å². The van der Waals surface area contributed by atoms with E-state index in [-0.39, 0.29) is 18.7 Å². The van der Waals surface area contributed by atoms with E-state index in [2.05, 4.69) is 31.0 Å². The highest BCUT2D eigenvalue weighted by atomic mass is 79.9. The number of piperazine rings is 1. The summed E-state index contributed by atoms with van der Waals surface area (Å²) in [5, 5.41) is 3.30. The summed E-state index contributed by atoms with van der Waals surface area (Å²) in [6.07, 6.45) is 5.27. The molecule has 8 nitrogen and oxygen atoms in total. The van der Waals surface area contributed by atoms with Crippen LogP contribution in [0.4, 0.5) is 5.69 Å². The first kappa shape index (κ1) is 22.9. The zero-order valence-corrected chi connectivity index (χ0v) is 19.7. The molecule has 4 amide bonds. The van der Waals surface area contributed by atoms with Gasteiger partial charge in [-0.2, -0.15) is 0 Å². The van der Waals surface area contributed by atoms with Crippen molar-refractivity contribution in [3.8, 4) is 0 Å². The molecule has 4 rings (SSSR count). The van der Waals surface area contributed by atoms with Crippen LogP contribution in [-0.2, 0) is 9.59 Å². The highest BCUT2D eigenvalue weighted by Crippen LogP contribution is 2.31. The number of fused-ring (bicyclic) bond motifs is 1. The molecule has 172 valence electrons. The predicted octanol–water partition coefficient (Wildman–Crippen LogP) is 2.17. The Bertz CT molecular complexity index is 913. The first-order valence-electron chi connectivity index (χ1n) is 11.4. The third-order valence-electron chi connectivity index (χ3n) is 6.52. The van der Waals surface area contributed by atoms with Crippen molar-refractivity contribution in [3.05, 3.63) is 29.3 Å². The first-order chi connectivity index (χ1) is 15.5. The summed E-state index contributed by atoms with van der Waals surface area (Å²) in [5.74, 6) is -1.87. The quantitative estimate of drug-likeness (QED) is 0.331. The van der Waals surface area contributed by atoms with E-state index < -0.39 is 23.8 Å². The first-order valence-corrected chi connectivity index (χ1v) is 12.5. The zero-order valence-electron chi connectivity index (χ0n) is 18.1. The lowest BCUT2D eigenvalue weighted by Gasteiger charge is -2.36. The number of amides is 4. The maximum Gasteiger partial charge on any atom is 0.262 e. The summed E-state index contributed by atoms with van der Waals surface area (Å²) < 4.78 is 0. The lowest BCUT2D eigenvalue weighted by atomic mass is 10.0. The van der Waals surface area contributed by atoms with E-state index in [1.54, 1.807) is 12.1 Å². The second-order valence-electron chi connectivity index (χ2n) is 8.61. The topological polar surface area (TPSA) is 90.0 Å². The molecule has 2 fully saturated rings. The number of alkyl halides is 1. The van der Waals surface area contributed by atoms with Crippen LogP contribution in [0.2, 0.25) is 0 Å². The smallest absolute Gasteiger partial charge is 0.262 e. The van der Waals surface area contributed by atoms with E-state index in [9.17, 15) is 19.2 Å². The number of halogens is 1. The van der Waals surface area contributed by atoms with Crippen molar-refractivity contribution in [3.63, 3.8) is 0 Å². The van der Waals surface area contributed by atoms with E-state index in [0.717, 1.165) is 48.6 Å². The number of piperidine rings is 1. The molecule has 0 saturated carbocycles. The number of hydrogen-bond donors (Lipinski definition) is 1. The highest BCUT2D eigenvalue weighted by molar-refractivity contribution is 9.09. The Labute approximate surface area is 196 Å². The van der Waals surface area contributed by atoms with Crippen molar-refractivity contribution in [2.45, 2.75) is 44.6 Å². The van der Waals surface area contributed by atoms with Crippen LogP contribution in [0.15, 0.2) is 18.2 Å². The van der Waals surface area contributed by atoms with Crippen molar-refractivity contribution in [1.29, 1.82) is 0 Å². The van der Waals surface area contributed by atoms with Crippen molar-refractivity contribution >= 4 is 45.2 Å². The van der Waals surface area contributed by atoms with Crippen molar-refractivity contribution in [2.24, 2.45) is 0 Å². The Kier molecular flexibility index (Phi) is 7.25. The number of nitrogens with one attached hydrogen (secondary N) is 1. The van der Waals surface area contributed by atoms with Crippen LogP contribution in [0.5, 0.6) is 0 Å². The summed E-state index contributed by atoms with van der Waals surface area (Å²) in [6.45, 7) is 4.82. The maximum atomic E-state index is 13.0. The molecule has 3 heterocycles. The van der Waals surface area contributed by atoms with Gasteiger partial charge in [-0.3, -0.25) is 34.3 Å². The van der Waals surface area contributed by atoms with E-state index in [4.69, 9.17) is 0 Å². The standard InChI is InChI=1S/C23H29BrN4O4/c24-9-3-1-2-4-10-26-11-13-27(14-12-26)16-5-6-17-18(15-16)23(32)28(22(17)31)19-7-8-20(29)25-21(19)30/h5-6,15,19H,1-4,7-14H2,(H,25,29,30). The molecule has 0 aromatic heterocycles. The normalized spacial score (nSPS) is 21.8. The number of imide groups is 2. The Morgan fingerprint density at radius 1 is 0.906 bits per heavy atom. The maximum absolute atomic E-state index is 13.0. The molecule has 9 heteroatoms. The largest absolute Gasteiger partial charge is 0.369 e. The van der Waals surface area contributed by atoms with Gasteiger partial charge in [-0.25, -0.2) is 0 Å². The van der Waals surface area contributed by atoms with Crippen molar-refractivity contribution in [2.75, 3.05) is 43.0 Å². The van der Waals surface area contributed by atoms with Crippen molar-refractivity contribution < 1.29 is 19.2 Å². The van der Waals surface area contributed by atoms with Crippen LogP contribution in [0.1, 0.15) is 59.2 Å². The second-order valence-corrected chi connectivity index (χ2v) is 9.40. The van der Waals surface area contributed by atoms with Crippen LogP contribution >= 0.6 is 15.9 Å². The molecule has 3 aliphatic rings. The van der Waals surface area contributed by atoms with Gasteiger partial charge in [0.25, 0.3) is 11.8 Å². The lowest BCUT2D eigenvalue weighted by molar-refractivity contribution is -0.136. The summed E-state index contributed by atoms with van der Waals surface area (Å²) in [7, 11) is 0. The Hall–Kier alpha value is -2.26. The monoisotopic (exact) mass is 504 g/mol. The van der Waals surface area contributed by atoms with E-state index in [1.165, 1.54) is 25.7 Å². The Morgan fingerprint density at radius 3 is 2.34 bits per heavy atom. The molecule has 1 aromatic rings. The number of benzene rings is 1. The van der Waals surface area contributed by atoms with Gasteiger partial charge in [0.05, 0.1) is 11.1 Å². The number of nitrogens with zero attached hydrogens (tertiary/aromatic N) is 3. The van der Waals surface area contributed by atoms with Crippen LogP contribution in [0, 0.1) is 0 Å². The molecule has 1 N–H and O–H groups in total. The fourth-order valence-corrected chi connectivity index (χ4v) is 5.07. The van der Waals surface area contributed by atoms with Gasteiger partial charge in [0, 0.05) is 43.6 Å². The molecule has 0 spiro atoms. The minimum Gasteiger partial charge on any atom is -0.369 e. The van der Waals surface area contributed by atoms with Gasteiger partial charge in [-0.1, -0.05) is 28.8 Å². The number of hydrogen-bond acceptors (Lipinski definition) is 6. The van der Waals surface area contributed by atoms with Gasteiger partial charge < -0.3 is 4.90 Å². The Balaban J connectivity index is 1.37. The predicted molar refractivity (Wildman–Crippen MR) is 124 cm³/mol. The summed E-state index contributed by atoms with van der Waals surface area (Å²) in [6, 6.07) is 4.42. The van der Waals surface area contributed by atoms with E-state index >= 15 is 0 Å². The van der Waals surface area contributed by atoms with Gasteiger partial charge in [0.1, 0.15) is 6.04 Å². The number of unbranched alkanes of at least 4 members (excludes halogenated alkanes) is 3. The van der Waals surface area contributed by atoms with E-state index in [0.29, 0.717) is 11.1 Å². The molecular weight excluding hydrogens is 476 g/mol. The number of rotatable bonds is 8. The molecule has 0 bridgehead atoms. The van der Waals surface area contributed by atoms with Gasteiger partial charge >= 0.3 is 0 Å². The molecule has 0 aliphatic carbocycles. The number of carbonyl (C=O) groups is 4. The molecule has 32 heavy (non-hydrogen) atoms. The van der Waals surface area contributed by atoms with Gasteiger partial charge in [-0.05, 0) is 44.0 Å². The third-order valence-corrected chi connectivity index (χ3v) is 7.08. The van der Waals surface area contributed by atoms with Gasteiger partial charge in [0.15, 0.2) is 0 Å². The molecule has 0 radical (unpaired) electrons. The van der Waals surface area contributed by atoms with Crippen molar-refractivity contribution in [1.82, 2.24) is 15.1 Å². The molecule has 2 saturated heterocycles. The minimum absolute atomic E-state index is 0.121. The zero-order chi connectivity index (χ0) is 22.7. The SMILES string of the molecule is O=C1CCC(N2C(=O)c3ccc(N4CCN(CCCCCCBr)CC4)cc3C2=O)C(=O)N1. The molecule has 1 unspecified atom stereocenters. The highest BCUT2D eigenvalue weighted by Gasteiger charge is 2.44. The second kappa shape index (κ2) is 10.1. The fourth-order valence-electron chi connectivity index (χ4n) is 4.67. The summed E-state index contributed by atoms with van der Waals surface area (Å²) >= 11 is 3.47. The fraction of sp³-hybridized carbons (Fsp3) is 0.565. The van der Waals surface area contributed by atoms with Crippen LogP contribution in [0.3, 0.4) is 0 Å². The molecule has 3 aliphatic heterocycles. The van der Waals surface area contributed by atoms with Crippen LogP contribution in [0.25, 0.3) is 0 Å². The van der Waals surface area contributed by atoms with Crippen LogP contribution in [-0.4, -0.2) is 77.5 Å². The average Bonchev–Trinajstić information content (AvgIpc) is 3.04. The van der Waals surface area contributed by atoms with Gasteiger partial charge in [-0.15, -0.1) is 0 Å². The molecule has 1 atom stereocenters. The summed E-state index contributed by atoms with van der Waals surface area (Å²) in [4.78, 5) is 55.3. The average molecular weight is 505 g/mol. The number of carbonyl (C=O) groups excluding carboxylic acids is 4. The lowest BCUT2D eigenvalue weighted by Crippen LogP contribution is -2.54. The number of anilines is 1. The third kappa shape index (κ3) is 4.73. The minimum atomic E-state index is -0.929.